The maximum absolute atomic E-state index is 12.1. The van der Waals surface area contributed by atoms with Crippen molar-refractivity contribution in [2.24, 2.45) is 0 Å². The fourth-order valence-electron chi connectivity index (χ4n) is 4.45. The summed E-state index contributed by atoms with van der Waals surface area (Å²) in [5.74, 6) is 1.42. The summed E-state index contributed by atoms with van der Waals surface area (Å²) in [6.45, 7) is 10.0. The van der Waals surface area contributed by atoms with E-state index >= 15 is 0 Å². The fourth-order valence-corrected chi connectivity index (χ4v) is 4.45. The predicted octanol–water partition coefficient (Wildman–Crippen LogP) is 4.74. The monoisotopic (exact) mass is 394 g/mol. The topological polar surface area (TPSA) is 58.6 Å². The van der Waals surface area contributed by atoms with Gasteiger partial charge >= 0.3 is 5.63 Å². The van der Waals surface area contributed by atoms with E-state index in [1.54, 1.807) is 12.3 Å². The molecule has 3 aromatic rings. The van der Waals surface area contributed by atoms with E-state index in [9.17, 15) is 4.79 Å². The third kappa shape index (κ3) is 4.31. The molecule has 1 aliphatic heterocycles. The van der Waals surface area contributed by atoms with E-state index in [2.05, 4.69) is 43.1 Å². The van der Waals surface area contributed by atoms with E-state index in [1.165, 1.54) is 18.4 Å². The number of fused-ring (bicyclic) bond motifs is 1. The highest BCUT2D eigenvalue weighted by atomic mass is 16.4. The molecular weight excluding hydrogens is 364 g/mol. The highest BCUT2D eigenvalue weighted by molar-refractivity contribution is 5.82. The summed E-state index contributed by atoms with van der Waals surface area (Å²) in [6, 6.07) is 10.0. The molecule has 4 rings (SSSR count). The Kier molecular flexibility index (Phi) is 5.88. The summed E-state index contributed by atoms with van der Waals surface area (Å²) in [4.78, 5) is 14.6. The third-order valence-electron chi connectivity index (χ3n) is 5.95. The zero-order valence-electron chi connectivity index (χ0n) is 17.5. The molecule has 1 fully saturated rings. The summed E-state index contributed by atoms with van der Waals surface area (Å²) in [7, 11) is 0. The molecule has 0 radical (unpaired) electrons. The molecule has 0 aliphatic carbocycles. The molecule has 1 atom stereocenters. The highest BCUT2D eigenvalue weighted by Gasteiger charge is 2.25. The van der Waals surface area contributed by atoms with Crippen molar-refractivity contribution in [2.45, 2.75) is 52.1 Å². The number of benzene rings is 1. The van der Waals surface area contributed by atoms with Crippen LogP contribution in [0.25, 0.3) is 11.0 Å². The Balaban J connectivity index is 1.57. The van der Waals surface area contributed by atoms with E-state index in [0.29, 0.717) is 18.0 Å². The summed E-state index contributed by atoms with van der Waals surface area (Å²) < 4.78 is 11.2. The van der Waals surface area contributed by atoms with Gasteiger partial charge in [0.05, 0.1) is 12.3 Å². The Bertz CT molecular complexity index is 1010. The minimum absolute atomic E-state index is 0.215. The molecule has 0 bridgehead atoms. The van der Waals surface area contributed by atoms with Crippen molar-refractivity contribution in [3.8, 4) is 0 Å². The number of nitrogens with zero attached hydrogens (tertiary/aromatic N) is 1. The average Bonchev–Trinajstić information content (AvgIpc) is 3.38. The van der Waals surface area contributed by atoms with E-state index in [-0.39, 0.29) is 11.7 Å². The van der Waals surface area contributed by atoms with Gasteiger partial charge in [0.25, 0.3) is 0 Å². The van der Waals surface area contributed by atoms with Crippen molar-refractivity contribution in [1.82, 2.24) is 10.2 Å². The minimum atomic E-state index is -0.298. The zero-order chi connectivity index (χ0) is 20.4. The van der Waals surface area contributed by atoms with Crippen LogP contribution in [0.15, 0.2) is 50.2 Å². The smallest absolute Gasteiger partial charge is 0.336 e. The van der Waals surface area contributed by atoms with Gasteiger partial charge in [-0.1, -0.05) is 13.8 Å². The number of hydrogen-bond donors (Lipinski definition) is 1. The Hall–Kier alpha value is -2.37. The van der Waals surface area contributed by atoms with Gasteiger partial charge in [0.2, 0.25) is 0 Å². The first-order chi connectivity index (χ1) is 14.0. The lowest BCUT2D eigenvalue weighted by molar-refractivity contribution is 0.209. The molecule has 1 N–H and O–H groups in total. The van der Waals surface area contributed by atoms with E-state index in [1.807, 2.05) is 12.1 Å². The number of hydrogen-bond acceptors (Lipinski definition) is 5. The molecule has 0 saturated carbocycles. The van der Waals surface area contributed by atoms with Crippen LogP contribution >= 0.6 is 0 Å². The van der Waals surface area contributed by atoms with Crippen LogP contribution in [0.2, 0.25) is 0 Å². The highest BCUT2D eigenvalue weighted by Crippen LogP contribution is 2.28. The van der Waals surface area contributed by atoms with E-state index in [4.69, 9.17) is 8.83 Å². The number of likely N-dealkylation sites (tertiary alicyclic amines) is 1. The molecule has 5 heteroatoms. The fraction of sp³-hybridized carbons (Fsp3) is 0.458. The van der Waals surface area contributed by atoms with Gasteiger partial charge in [-0.25, -0.2) is 4.79 Å². The second kappa shape index (κ2) is 8.56. The molecule has 1 saturated heterocycles. The SMILES string of the molecule is Cc1cc2oc(=O)cc(CNC[C@@H](c3ccco3)N3CCCC3)c2cc1C(C)C. The summed E-state index contributed by atoms with van der Waals surface area (Å²) in [5, 5.41) is 4.58. The molecule has 2 aromatic heterocycles. The van der Waals surface area contributed by atoms with Crippen LogP contribution in [0.1, 0.15) is 61.1 Å². The maximum Gasteiger partial charge on any atom is 0.336 e. The standard InChI is InChI=1S/C24H30N2O3/c1-16(2)19-13-20-18(12-24(27)29-23(20)11-17(19)3)14-25-15-21(22-7-6-10-28-22)26-8-4-5-9-26/h6-7,10-13,16,21,25H,4-5,8-9,14-15H2,1-3H3/t21-/m0/s1. The summed E-state index contributed by atoms with van der Waals surface area (Å²) in [5.41, 5.74) is 3.80. The molecular formula is C24H30N2O3. The number of rotatable bonds is 7. The Labute approximate surface area is 171 Å². The van der Waals surface area contributed by atoms with Crippen LogP contribution in [0.4, 0.5) is 0 Å². The first-order valence-corrected chi connectivity index (χ1v) is 10.6. The molecule has 3 heterocycles. The van der Waals surface area contributed by atoms with Crippen LogP contribution in [-0.4, -0.2) is 24.5 Å². The molecule has 0 unspecified atom stereocenters. The van der Waals surface area contributed by atoms with Crippen molar-refractivity contribution in [3.63, 3.8) is 0 Å². The van der Waals surface area contributed by atoms with Crippen LogP contribution in [0.3, 0.4) is 0 Å². The van der Waals surface area contributed by atoms with Gasteiger partial charge in [0, 0.05) is 24.5 Å². The lowest BCUT2D eigenvalue weighted by Gasteiger charge is -2.26. The Morgan fingerprint density at radius 2 is 1.97 bits per heavy atom. The lowest BCUT2D eigenvalue weighted by Crippen LogP contribution is -2.33. The summed E-state index contributed by atoms with van der Waals surface area (Å²) in [6.07, 6.45) is 4.21. The van der Waals surface area contributed by atoms with Crippen LogP contribution in [0.5, 0.6) is 0 Å². The average molecular weight is 395 g/mol. The van der Waals surface area contributed by atoms with Gasteiger partial charge in [-0.3, -0.25) is 4.90 Å². The van der Waals surface area contributed by atoms with Crippen molar-refractivity contribution in [3.05, 3.63) is 69.5 Å². The number of nitrogens with one attached hydrogen (secondary N) is 1. The third-order valence-corrected chi connectivity index (χ3v) is 5.95. The number of furan rings is 1. The van der Waals surface area contributed by atoms with Gasteiger partial charge in [-0.15, -0.1) is 0 Å². The molecule has 154 valence electrons. The molecule has 1 aliphatic rings. The Morgan fingerprint density at radius 1 is 1.17 bits per heavy atom. The van der Waals surface area contributed by atoms with Crippen molar-refractivity contribution in [1.29, 1.82) is 0 Å². The maximum atomic E-state index is 12.1. The second-order valence-corrected chi connectivity index (χ2v) is 8.36. The normalized spacial score (nSPS) is 16.1. The van der Waals surface area contributed by atoms with E-state index in [0.717, 1.165) is 41.9 Å². The predicted molar refractivity (Wildman–Crippen MR) is 115 cm³/mol. The summed E-state index contributed by atoms with van der Waals surface area (Å²) >= 11 is 0. The second-order valence-electron chi connectivity index (χ2n) is 8.36. The molecule has 1 aromatic carbocycles. The van der Waals surface area contributed by atoms with Gasteiger partial charge in [-0.2, -0.15) is 0 Å². The molecule has 0 amide bonds. The van der Waals surface area contributed by atoms with Gasteiger partial charge in [0.15, 0.2) is 0 Å². The zero-order valence-corrected chi connectivity index (χ0v) is 17.5. The van der Waals surface area contributed by atoms with Crippen molar-refractivity contribution < 1.29 is 8.83 Å². The number of aryl methyl sites for hydroxylation is 1. The Morgan fingerprint density at radius 3 is 2.66 bits per heavy atom. The first-order valence-electron chi connectivity index (χ1n) is 10.6. The quantitative estimate of drug-likeness (QED) is 0.586. The largest absolute Gasteiger partial charge is 0.468 e. The van der Waals surface area contributed by atoms with Crippen LogP contribution in [-0.2, 0) is 6.54 Å². The lowest BCUT2D eigenvalue weighted by atomic mass is 9.95. The minimum Gasteiger partial charge on any atom is -0.468 e. The van der Waals surface area contributed by atoms with Gasteiger partial charge in [-0.05, 0) is 79.7 Å². The van der Waals surface area contributed by atoms with Crippen LogP contribution in [0, 0.1) is 6.92 Å². The van der Waals surface area contributed by atoms with Gasteiger partial charge in [0.1, 0.15) is 11.3 Å². The molecule has 29 heavy (non-hydrogen) atoms. The van der Waals surface area contributed by atoms with E-state index < -0.39 is 0 Å². The van der Waals surface area contributed by atoms with Crippen molar-refractivity contribution in [2.75, 3.05) is 19.6 Å². The first kappa shape index (κ1) is 19.9. The molecule has 5 nitrogen and oxygen atoms in total. The van der Waals surface area contributed by atoms with Crippen molar-refractivity contribution >= 4 is 11.0 Å². The van der Waals surface area contributed by atoms with Crippen LogP contribution < -0.4 is 10.9 Å². The molecule has 0 spiro atoms. The van der Waals surface area contributed by atoms with Gasteiger partial charge < -0.3 is 14.2 Å².